The van der Waals surface area contributed by atoms with Crippen LogP contribution in [0.4, 0.5) is 8.78 Å². The van der Waals surface area contributed by atoms with Crippen molar-refractivity contribution in [1.29, 1.82) is 0 Å². The lowest BCUT2D eigenvalue weighted by Gasteiger charge is -2.23. The largest absolute Gasteiger partial charge is 0.481 e. The molecule has 1 amide bonds. The molecule has 0 unspecified atom stereocenters. The number of aliphatic hydroxyl groups is 2. The van der Waals surface area contributed by atoms with Crippen LogP contribution in [0.15, 0.2) is 72.0 Å². The molecule has 0 aliphatic carbocycles. The Kier molecular flexibility index (Phi) is 11.6. The van der Waals surface area contributed by atoms with Gasteiger partial charge in [-0.15, -0.1) is 0 Å². The average Bonchev–Trinajstić information content (AvgIpc) is 3.78. The normalized spacial score (nSPS) is 14.0. The van der Waals surface area contributed by atoms with Gasteiger partial charge in [-0.25, -0.2) is 8.78 Å². The van der Waals surface area contributed by atoms with Crippen molar-refractivity contribution in [2.24, 2.45) is 0 Å². The monoisotopic (exact) mass is 673 g/mol. The van der Waals surface area contributed by atoms with Gasteiger partial charge in [-0.1, -0.05) is 62.4 Å². The fourth-order valence-corrected chi connectivity index (χ4v) is 6.59. The van der Waals surface area contributed by atoms with Gasteiger partial charge in [-0.3, -0.25) is 14.3 Å². The molecule has 0 bridgehead atoms. The van der Waals surface area contributed by atoms with Crippen LogP contribution in [0.5, 0.6) is 0 Å². The Labute approximate surface area is 270 Å². The maximum Gasteiger partial charge on any atom is 0.313 e. The van der Waals surface area contributed by atoms with E-state index in [9.17, 15) is 31.9 Å². The van der Waals surface area contributed by atoms with Crippen molar-refractivity contribution in [2.45, 2.75) is 69.5 Å². The van der Waals surface area contributed by atoms with Crippen LogP contribution in [0.2, 0.25) is 0 Å². The molecule has 2 atom stereocenters. The number of carboxylic acids is 1. The molecule has 5 rings (SSSR count). The van der Waals surface area contributed by atoms with Crippen LogP contribution >= 0.6 is 0 Å². The Bertz CT molecular complexity index is 1780. The third kappa shape index (κ3) is 7.92. The predicted molar refractivity (Wildman–Crippen MR) is 166 cm³/mol. The molecule has 0 radical (unpaired) electrons. The van der Waals surface area contributed by atoms with Crippen molar-refractivity contribution in [3.63, 3.8) is 0 Å². The summed E-state index contributed by atoms with van der Waals surface area (Å²) in [6.07, 6.45) is 2.18. The highest BCUT2D eigenvalue weighted by Crippen LogP contribution is 2.29. The van der Waals surface area contributed by atoms with Gasteiger partial charge in [0.2, 0.25) is 5.91 Å². The van der Waals surface area contributed by atoms with Crippen molar-refractivity contribution in [2.75, 3.05) is 13.2 Å². The molecule has 4 aromatic rings. The van der Waals surface area contributed by atoms with Crippen molar-refractivity contribution in [3.05, 3.63) is 101 Å². The molecule has 1 aliphatic rings. The summed E-state index contributed by atoms with van der Waals surface area (Å²) >= 11 is 0. The number of hydrogen-bond acceptors (Lipinski definition) is 8. The Morgan fingerprint density at radius 3 is 1.98 bits per heavy atom. The number of carbonyl (C=O) groups is 2. The lowest BCUT2D eigenvalue weighted by Crippen LogP contribution is -2.33. The SMILES string of the molecule is CCc1ccccc1[C@@H](CO)C(=O)N1Cc2cn(S(=O)(=O)c3cnn(CC(F)F)c3)nc2C1.CCc1ccccc1[C@@H](CO)C(=O)O. The van der Waals surface area contributed by atoms with E-state index in [1.807, 2.05) is 50.2 Å². The van der Waals surface area contributed by atoms with Gasteiger partial charge in [0.1, 0.15) is 17.4 Å². The summed E-state index contributed by atoms with van der Waals surface area (Å²) < 4.78 is 52.3. The number of aliphatic carboxylic acids is 1. The maximum atomic E-state index is 13.1. The van der Waals surface area contributed by atoms with Crippen LogP contribution in [0, 0.1) is 0 Å². The molecule has 1 aliphatic heterocycles. The first kappa shape index (κ1) is 35.4. The topological polar surface area (TPSA) is 168 Å². The number of hydrogen-bond donors (Lipinski definition) is 3. The summed E-state index contributed by atoms with van der Waals surface area (Å²) in [6, 6.07) is 14.8. The Morgan fingerprint density at radius 2 is 1.47 bits per heavy atom. The van der Waals surface area contributed by atoms with Gasteiger partial charge in [0.25, 0.3) is 16.4 Å². The molecule has 3 N–H and O–H groups in total. The fraction of sp³-hybridized carbons (Fsp3) is 0.375. The van der Waals surface area contributed by atoms with Crippen LogP contribution in [-0.4, -0.2) is 79.1 Å². The summed E-state index contributed by atoms with van der Waals surface area (Å²) in [5, 5.41) is 35.6. The van der Waals surface area contributed by atoms with E-state index in [1.54, 1.807) is 12.1 Å². The predicted octanol–water partition coefficient (Wildman–Crippen LogP) is 3.17. The number of benzene rings is 2. The number of rotatable bonds is 12. The molecule has 0 fully saturated rings. The number of nitrogens with zero attached hydrogens (tertiary/aromatic N) is 5. The molecule has 3 heterocycles. The minimum atomic E-state index is -4.11. The van der Waals surface area contributed by atoms with Gasteiger partial charge in [0, 0.05) is 24.5 Å². The van der Waals surface area contributed by atoms with Crippen LogP contribution in [0.1, 0.15) is 59.2 Å². The second kappa shape index (κ2) is 15.4. The zero-order chi connectivity index (χ0) is 34.3. The van der Waals surface area contributed by atoms with E-state index < -0.39 is 40.8 Å². The first-order valence-corrected chi connectivity index (χ1v) is 16.4. The molecule has 15 heteroatoms. The minimum absolute atomic E-state index is 0.103. The molecule has 12 nitrogen and oxygen atoms in total. The molecule has 0 saturated heterocycles. The minimum Gasteiger partial charge on any atom is -0.481 e. The highest BCUT2D eigenvalue weighted by molar-refractivity contribution is 7.89. The number of aliphatic hydroxyl groups excluding tert-OH is 2. The van der Waals surface area contributed by atoms with Gasteiger partial charge in [0.05, 0.1) is 37.6 Å². The Morgan fingerprint density at radius 1 is 0.894 bits per heavy atom. The first-order valence-electron chi connectivity index (χ1n) is 15.0. The van der Waals surface area contributed by atoms with E-state index >= 15 is 0 Å². The molecular formula is C32H37F2N5O7S. The molecular weight excluding hydrogens is 636 g/mol. The highest BCUT2D eigenvalue weighted by Gasteiger charge is 2.34. The number of carboxylic acid groups (broad SMARTS) is 1. The summed E-state index contributed by atoms with van der Waals surface area (Å²) in [4.78, 5) is 25.3. The number of halogens is 2. The fourth-order valence-electron chi connectivity index (χ4n) is 5.47. The second-order valence-corrected chi connectivity index (χ2v) is 12.7. The average molecular weight is 674 g/mol. The number of alkyl halides is 2. The molecule has 0 saturated carbocycles. The lowest BCUT2D eigenvalue weighted by molar-refractivity contribution is -0.139. The molecule has 2 aromatic heterocycles. The third-order valence-corrected chi connectivity index (χ3v) is 9.42. The number of aryl methyl sites for hydroxylation is 2. The van der Waals surface area contributed by atoms with E-state index in [2.05, 4.69) is 10.2 Å². The van der Waals surface area contributed by atoms with E-state index in [1.165, 1.54) is 11.1 Å². The van der Waals surface area contributed by atoms with E-state index in [4.69, 9.17) is 10.2 Å². The van der Waals surface area contributed by atoms with Crippen LogP contribution in [0.3, 0.4) is 0 Å². The van der Waals surface area contributed by atoms with E-state index in [0.29, 0.717) is 16.8 Å². The van der Waals surface area contributed by atoms with Crippen LogP contribution < -0.4 is 0 Å². The smallest absolute Gasteiger partial charge is 0.313 e. The maximum absolute atomic E-state index is 13.1. The summed E-state index contributed by atoms with van der Waals surface area (Å²) in [7, 11) is -4.11. The lowest BCUT2D eigenvalue weighted by atomic mass is 9.92. The number of carbonyl (C=O) groups excluding carboxylic acids is 1. The Hall–Kier alpha value is -4.47. The van der Waals surface area contributed by atoms with Crippen molar-refractivity contribution >= 4 is 21.9 Å². The van der Waals surface area contributed by atoms with Gasteiger partial charge in [-0.05, 0) is 35.1 Å². The van der Waals surface area contributed by atoms with Crippen molar-refractivity contribution in [3.8, 4) is 0 Å². The van der Waals surface area contributed by atoms with E-state index in [0.717, 1.165) is 50.7 Å². The standard InChI is InChI=1S/C21H23F2N5O4S.C11H14O3/c1-2-14-5-3-4-6-17(14)18(13-29)21(30)26-8-15-9-28(25-19(15)11-26)33(31,32)16-7-24-27(10-16)12-20(22)23;1-2-8-5-3-4-6-9(8)10(7-12)11(13)14/h3-7,9-10,18,20,29H,2,8,11-13H2,1H3;3-6,10,12H,2,7H2,1H3,(H,13,14)/t18-;10-/m11/s1. The van der Waals surface area contributed by atoms with Crippen molar-refractivity contribution < 1.29 is 42.1 Å². The Balaban J connectivity index is 0.000000300. The zero-order valence-corrected chi connectivity index (χ0v) is 26.7. The third-order valence-electron chi connectivity index (χ3n) is 7.93. The molecule has 2 aromatic carbocycles. The number of aromatic nitrogens is 4. The van der Waals surface area contributed by atoms with Crippen molar-refractivity contribution in [1.82, 2.24) is 23.9 Å². The molecule has 0 spiro atoms. The number of fused-ring (bicyclic) bond motifs is 1. The van der Waals surface area contributed by atoms with E-state index in [-0.39, 0.29) is 37.1 Å². The molecule has 252 valence electrons. The van der Waals surface area contributed by atoms with Crippen LogP contribution in [-0.2, 0) is 52.1 Å². The summed E-state index contributed by atoms with van der Waals surface area (Å²) in [6.45, 7) is 2.78. The van der Waals surface area contributed by atoms with Crippen LogP contribution in [0.25, 0.3) is 0 Å². The van der Waals surface area contributed by atoms with Gasteiger partial charge >= 0.3 is 5.97 Å². The quantitative estimate of drug-likeness (QED) is 0.205. The second-order valence-electron chi connectivity index (χ2n) is 10.9. The highest BCUT2D eigenvalue weighted by atomic mass is 32.2. The van der Waals surface area contributed by atoms with Gasteiger partial charge in [0.15, 0.2) is 0 Å². The summed E-state index contributed by atoms with van der Waals surface area (Å²) in [5.41, 5.74) is 4.43. The first-order chi connectivity index (χ1) is 22.4. The number of amides is 1. The zero-order valence-electron chi connectivity index (χ0n) is 25.9. The summed E-state index contributed by atoms with van der Waals surface area (Å²) in [5.74, 6) is -2.76. The molecule has 47 heavy (non-hydrogen) atoms. The van der Waals surface area contributed by atoms with Gasteiger partial charge < -0.3 is 20.2 Å². The van der Waals surface area contributed by atoms with Gasteiger partial charge in [-0.2, -0.15) is 22.7 Å².